The van der Waals surface area contributed by atoms with Gasteiger partial charge >= 0.3 is 0 Å². The number of benzene rings is 2. The van der Waals surface area contributed by atoms with Gasteiger partial charge in [-0.15, -0.1) is 0 Å². The van der Waals surface area contributed by atoms with Crippen molar-refractivity contribution in [2.75, 3.05) is 0 Å². The summed E-state index contributed by atoms with van der Waals surface area (Å²) in [5.41, 5.74) is 4.71. The van der Waals surface area contributed by atoms with Gasteiger partial charge in [0.25, 0.3) is 0 Å². The average molecular weight is 371 g/mol. The lowest BCUT2D eigenvalue weighted by Crippen LogP contribution is -2.26. The smallest absolute Gasteiger partial charge is 0.154 e. The van der Waals surface area contributed by atoms with Gasteiger partial charge < -0.3 is 9.67 Å². The quantitative estimate of drug-likeness (QED) is 0.708. The standard InChI is InChI=1S/C24H25N3O/c28-21-12-10-17(11-13-21)14-20-15-27-16-22(18-6-2-1-3-7-18)26-23(24(27)25-20)19-8-4-5-9-19/h1-3,6-7,10-13,15,19,22,28H,4-5,8-9,14,16H2. The van der Waals surface area contributed by atoms with E-state index < -0.39 is 0 Å². The zero-order chi connectivity index (χ0) is 18.9. The third-order valence-corrected chi connectivity index (χ3v) is 5.97. The van der Waals surface area contributed by atoms with Crippen molar-refractivity contribution in [1.29, 1.82) is 0 Å². The molecule has 3 aromatic rings. The Kier molecular flexibility index (Phi) is 4.47. The Morgan fingerprint density at radius 1 is 0.964 bits per heavy atom. The van der Waals surface area contributed by atoms with E-state index >= 15 is 0 Å². The molecule has 5 rings (SSSR count). The van der Waals surface area contributed by atoms with Gasteiger partial charge in [0, 0.05) is 18.5 Å². The summed E-state index contributed by atoms with van der Waals surface area (Å²) in [5.74, 6) is 1.90. The number of hydrogen-bond donors (Lipinski definition) is 1. The fraction of sp³-hybridized carbons (Fsp3) is 0.333. The van der Waals surface area contributed by atoms with Gasteiger partial charge in [0.1, 0.15) is 5.75 Å². The molecule has 1 atom stereocenters. The Bertz CT molecular complexity index is 982. The molecule has 4 nitrogen and oxygen atoms in total. The average Bonchev–Trinajstić information content (AvgIpc) is 3.39. The number of phenols is 1. The van der Waals surface area contributed by atoms with E-state index in [-0.39, 0.29) is 6.04 Å². The van der Waals surface area contributed by atoms with E-state index in [1.54, 1.807) is 12.1 Å². The molecule has 1 aromatic heterocycles. The molecular weight excluding hydrogens is 346 g/mol. The molecule has 1 unspecified atom stereocenters. The molecule has 0 spiro atoms. The van der Waals surface area contributed by atoms with Gasteiger partial charge in [-0.05, 0) is 36.1 Å². The number of fused-ring (bicyclic) bond motifs is 1. The van der Waals surface area contributed by atoms with Crippen molar-refractivity contribution < 1.29 is 5.11 Å². The minimum absolute atomic E-state index is 0.167. The molecule has 1 N–H and O–H groups in total. The van der Waals surface area contributed by atoms with Gasteiger partial charge in [-0.1, -0.05) is 55.3 Å². The monoisotopic (exact) mass is 371 g/mol. The van der Waals surface area contributed by atoms with Crippen LogP contribution in [0.2, 0.25) is 0 Å². The van der Waals surface area contributed by atoms with E-state index in [9.17, 15) is 5.11 Å². The summed E-state index contributed by atoms with van der Waals surface area (Å²) in [6.45, 7) is 0.845. The van der Waals surface area contributed by atoms with Crippen molar-refractivity contribution >= 4 is 5.71 Å². The Balaban J connectivity index is 1.49. The minimum atomic E-state index is 0.167. The van der Waals surface area contributed by atoms with E-state index in [0.29, 0.717) is 11.7 Å². The molecule has 2 aliphatic rings. The lowest BCUT2D eigenvalue weighted by molar-refractivity contribution is 0.475. The first-order valence-corrected chi connectivity index (χ1v) is 10.2. The molecule has 0 bridgehead atoms. The first kappa shape index (κ1) is 17.2. The highest BCUT2D eigenvalue weighted by molar-refractivity contribution is 6.00. The molecule has 0 amide bonds. The number of hydrogen-bond acceptors (Lipinski definition) is 3. The molecule has 0 radical (unpaired) electrons. The van der Waals surface area contributed by atoms with Crippen LogP contribution in [0.4, 0.5) is 0 Å². The van der Waals surface area contributed by atoms with Gasteiger partial charge in [-0.2, -0.15) is 0 Å². The summed E-state index contributed by atoms with van der Waals surface area (Å²) >= 11 is 0. The van der Waals surface area contributed by atoms with Gasteiger partial charge in [-0.25, -0.2) is 4.98 Å². The van der Waals surface area contributed by atoms with E-state index in [4.69, 9.17) is 9.98 Å². The highest BCUT2D eigenvalue weighted by Gasteiger charge is 2.31. The number of nitrogens with zero attached hydrogens (tertiary/aromatic N) is 3. The maximum Gasteiger partial charge on any atom is 0.154 e. The predicted octanol–water partition coefficient (Wildman–Crippen LogP) is 4.91. The van der Waals surface area contributed by atoms with Crippen LogP contribution in [0.25, 0.3) is 0 Å². The van der Waals surface area contributed by atoms with Crippen molar-refractivity contribution in [3.8, 4) is 5.75 Å². The number of aromatic hydroxyl groups is 1. The second-order valence-corrected chi connectivity index (χ2v) is 7.97. The molecular formula is C24H25N3O. The van der Waals surface area contributed by atoms with Crippen LogP contribution in [0.15, 0.2) is 65.8 Å². The second kappa shape index (κ2) is 7.27. The zero-order valence-corrected chi connectivity index (χ0v) is 16.0. The van der Waals surface area contributed by atoms with E-state index in [0.717, 1.165) is 30.0 Å². The van der Waals surface area contributed by atoms with Gasteiger partial charge in [0.2, 0.25) is 0 Å². The Morgan fingerprint density at radius 2 is 1.71 bits per heavy atom. The fourth-order valence-corrected chi connectivity index (χ4v) is 4.52. The molecule has 1 saturated carbocycles. The number of aromatic nitrogens is 2. The van der Waals surface area contributed by atoms with E-state index in [1.165, 1.54) is 37.0 Å². The van der Waals surface area contributed by atoms with Crippen molar-refractivity contribution in [3.63, 3.8) is 0 Å². The first-order valence-electron chi connectivity index (χ1n) is 10.2. The lowest BCUT2D eigenvalue weighted by Gasteiger charge is -2.25. The SMILES string of the molecule is Oc1ccc(Cc2cn3c(n2)C(C2CCCC2)=NC(c2ccccc2)C3)cc1. The molecule has 1 fully saturated rings. The van der Waals surface area contributed by atoms with Crippen molar-refractivity contribution in [2.24, 2.45) is 10.9 Å². The molecule has 28 heavy (non-hydrogen) atoms. The number of rotatable bonds is 4. The minimum Gasteiger partial charge on any atom is -0.508 e. The summed E-state index contributed by atoms with van der Waals surface area (Å²) in [7, 11) is 0. The fourth-order valence-electron chi connectivity index (χ4n) is 4.52. The molecule has 1 aliphatic heterocycles. The molecule has 4 heteroatoms. The van der Waals surface area contributed by atoms with E-state index in [2.05, 4.69) is 41.1 Å². The third-order valence-electron chi connectivity index (χ3n) is 5.97. The predicted molar refractivity (Wildman–Crippen MR) is 111 cm³/mol. The first-order chi connectivity index (χ1) is 13.8. The molecule has 0 saturated heterocycles. The second-order valence-electron chi connectivity index (χ2n) is 7.97. The van der Waals surface area contributed by atoms with Crippen LogP contribution in [0.5, 0.6) is 5.75 Å². The van der Waals surface area contributed by atoms with Crippen LogP contribution in [0.1, 0.15) is 54.4 Å². The van der Waals surface area contributed by atoms with Crippen molar-refractivity contribution in [3.05, 3.63) is 83.4 Å². The van der Waals surface area contributed by atoms with Crippen LogP contribution in [-0.2, 0) is 13.0 Å². The Hall–Kier alpha value is -2.88. The number of phenolic OH excluding ortho intramolecular Hbond substituents is 1. The van der Waals surface area contributed by atoms with Crippen LogP contribution < -0.4 is 0 Å². The van der Waals surface area contributed by atoms with Crippen LogP contribution in [-0.4, -0.2) is 20.4 Å². The summed E-state index contributed by atoms with van der Waals surface area (Å²) in [6, 6.07) is 18.2. The number of aliphatic imine (C=N–C) groups is 1. The topological polar surface area (TPSA) is 50.4 Å². The van der Waals surface area contributed by atoms with Crippen LogP contribution in [0.3, 0.4) is 0 Å². The van der Waals surface area contributed by atoms with E-state index in [1.807, 2.05) is 12.1 Å². The largest absolute Gasteiger partial charge is 0.508 e. The van der Waals surface area contributed by atoms with Crippen molar-refractivity contribution in [1.82, 2.24) is 9.55 Å². The molecule has 2 aromatic carbocycles. The zero-order valence-electron chi connectivity index (χ0n) is 16.0. The van der Waals surface area contributed by atoms with Crippen LogP contribution >= 0.6 is 0 Å². The third kappa shape index (κ3) is 3.35. The Labute approximate surface area is 165 Å². The summed E-state index contributed by atoms with van der Waals surface area (Å²) in [6.07, 6.45) is 8.00. The van der Waals surface area contributed by atoms with Crippen LogP contribution in [0, 0.1) is 5.92 Å². The summed E-state index contributed by atoms with van der Waals surface area (Å²) in [4.78, 5) is 10.2. The molecule has 1 aliphatic carbocycles. The van der Waals surface area contributed by atoms with Gasteiger partial charge in [-0.3, -0.25) is 4.99 Å². The van der Waals surface area contributed by atoms with Gasteiger partial charge in [0.05, 0.1) is 24.0 Å². The molecule has 142 valence electrons. The Morgan fingerprint density at radius 3 is 2.46 bits per heavy atom. The number of imidazole rings is 1. The summed E-state index contributed by atoms with van der Waals surface area (Å²) in [5, 5.41) is 9.51. The highest BCUT2D eigenvalue weighted by atomic mass is 16.3. The maximum absolute atomic E-state index is 9.51. The lowest BCUT2D eigenvalue weighted by atomic mass is 9.97. The maximum atomic E-state index is 9.51. The molecule has 2 heterocycles. The van der Waals surface area contributed by atoms with Gasteiger partial charge in [0.15, 0.2) is 5.82 Å². The summed E-state index contributed by atoms with van der Waals surface area (Å²) < 4.78 is 2.31. The highest BCUT2D eigenvalue weighted by Crippen LogP contribution is 2.34. The normalized spacial score (nSPS) is 19.4. The van der Waals surface area contributed by atoms with Crippen molar-refractivity contribution in [2.45, 2.75) is 44.7 Å².